The van der Waals surface area contributed by atoms with E-state index in [0.29, 0.717) is 0 Å². The molecule has 8 bridgehead atoms. The molecule has 7 aromatic rings. The number of aromatic carboxylic acids is 1. The molecule has 51 heavy (non-hydrogen) atoms. The van der Waals surface area contributed by atoms with Crippen LogP contribution in [0.2, 0.25) is 0 Å². The summed E-state index contributed by atoms with van der Waals surface area (Å²) in [6.07, 6.45) is 8.27. The van der Waals surface area contributed by atoms with Crippen molar-refractivity contribution in [3.8, 4) is 44.5 Å². The number of carbonyl (C=O) groups is 1. The summed E-state index contributed by atoms with van der Waals surface area (Å²) in [6, 6.07) is 46.3. The third-order valence-electron chi connectivity index (χ3n) is 9.32. The average molecular weight is 659 g/mol. The molecule has 0 unspecified atom stereocenters. The van der Waals surface area contributed by atoms with Crippen LogP contribution in [0, 0.1) is 0 Å². The molecule has 9 rings (SSSR count). The molecule has 0 amide bonds. The van der Waals surface area contributed by atoms with E-state index in [1.807, 2.05) is 78.9 Å². The van der Waals surface area contributed by atoms with E-state index in [0.717, 1.165) is 89.4 Å². The van der Waals surface area contributed by atoms with Crippen LogP contribution in [0.3, 0.4) is 0 Å². The van der Waals surface area contributed by atoms with Gasteiger partial charge in [0, 0.05) is 38.8 Å². The van der Waals surface area contributed by atoms with Gasteiger partial charge in [-0.3, -0.25) is 0 Å². The summed E-state index contributed by atoms with van der Waals surface area (Å²) in [5.74, 6) is -0.962. The molecule has 3 aromatic heterocycles. The molecule has 6 nitrogen and oxygen atoms in total. The lowest BCUT2D eigenvalue weighted by molar-refractivity contribution is 0.0697. The van der Waals surface area contributed by atoms with Crippen molar-refractivity contribution >= 4 is 52.3 Å². The van der Waals surface area contributed by atoms with Gasteiger partial charge < -0.3 is 15.1 Å². The monoisotopic (exact) mass is 658 g/mol. The van der Waals surface area contributed by atoms with Crippen LogP contribution in [0.25, 0.3) is 90.9 Å². The quantitative estimate of drug-likeness (QED) is 0.171. The van der Waals surface area contributed by atoms with E-state index in [2.05, 4.69) is 82.8 Å². The molecule has 6 heteroatoms. The first-order valence-electron chi connectivity index (χ1n) is 16.8. The number of carboxylic acid groups (broad SMARTS) is 1. The first kappa shape index (κ1) is 30.0. The van der Waals surface area contributed by atoms with E-state index in [4.69, 9.17) is 9.97 Å². The lowest BCUT2D eigenvalue weighted by Gasteiger charge is -2.08. The summed E-state index contributed by atoms with van der Waals surface area (Å²) in [5.41, 5.74) is 15.0. The van der Waals surface area contributed by atoms with E-state index in [-0.39, 0.29) is 5.56 Å². The maximum absolute atomic E-state index is 11.7. The normalized spacial score (nSPS) is 11.9. The number of H-pyrrole nitrogens is 2. The van der Waals surface area contributed by atoms with Crippen molar-refractivity contribution in [1.29, 1.82) is 0 Å². The number of benzene rings is 4. The Hall–Kier alpha value is -7.05. The van der Waals surface area contributed by atoms with Crippen molar-refractivity contribution < 1.29 is 9.90 Å². The molecule has 4 aromatic carbocycles. The van der Waals surface area contributed by atoms with Crippen LogP contribution < -0.4 is 0 Å². The Morgan fingerprint density at radius 2 is 1.00 bits per heavy atom. The third-order valence-corrected chi connectivity index (χ3v) is 9.32. The number of hydrogen-bond acceptors (Lipinski definition) is 3. The van der Waals surface area contributed by atoms with Crippen LogP contribution in [-0.4, -0.2) is 31.0 Å². The number of hydrogen-bond donors (Lipinski definition) is 3. The van der Waals surface area contributed by atoms with Gasteiger partial charge in [-0.25, -0.2) is 14.8 Å². The molecule has 0 atom stereocenters. The van der Waals surface area contributed by atoms with E-state index in [1.165, 1.54) is 0 Å². The second kappa shape index (κ2) is 12.4. The van der Waals surface area contributed by atoms with Gasteiger partial charge in [0.25, 0.3) is 0 Å². The Kier molecular flexibility index (Phi) is 7.33. The maximum Gasteiger partial charge on any atom is 0.335 e. The molecule has 3 N–H and O–H groups in total. The number of carboxylic acids is 1. The van der Waals surface area contributed by atoms with Gasteiger partial charge in [-0.2, -0.15) is 0 Å². The van der Waals surface area contributed by atoms with E-state index >= 15 is 0 Å². The van der Waals surface area contributed by atoms with E-state index < -0.39 is 5.97 Å². The van der Waals surface area contributed by atoms with Crippen LogP contribution in [0.5, 0.6) is 0 Å². The van der Waals surface area contributed by atoms with Gasteiger partial charge in [0.15, 0.2) is 0 Å². The van der Waals surface area contributed by atoms with Gasteiger partial charge in [0.05, 0.1) is 33.9 Å². The van der Waals surface area contributed by atoms with Crippen molar-refractivity contribution in [3.63, 3.8) is 0 Å². The van der Waals surface area contributed by atoms with Crippen molar-refractivity contribution in [1.82, 2.24) is 19.9 Å². The van der Waals surface area contributed by atoms with E-state index in [1.54, 1.807) is 12.1 Å². The zero-order valence-electron chi connectivity index (χ0n) is 27.3. The zero-order valence-corrected chi connectivity index (χ0v) is 27.3. The highest BCUT2D eigenvalue weighted by Crippen LogP contribution is 2.39. The molecule has 2 aliphatic rings. The Labute approximate surface area is 293 Å². The number of nitrogens with one attached hydrogen (secondary N) is 2. The fourth-order valence-corrected chi connectivity index (χ4v) is 6.97. The second-order valence-corrected chi connectivity index (χ2v) is 12.5. The molecular formula is C45H30N4O2. The fourth-order valence-electron chi connectivity index (χ4n) is 6.97. The highest BCUT2D eigenvalue weighted by Gasteiger charge is 2.19. The van der Waals surface area contributed by atoms with E-state index in [9.17, 15) is 9.90 Å². The topological polar surface area (TPSA) is 94.7 Å². The Morgan fingerprint density at radius 3 is 1.57 bits per heavy atom. The highest BCUT2D eigenvalue weighted by atomic mass is 16.4. The average Bonchev–Trinajstić information content (AvgIpc) is 4.00. The number of aromatic amines is 2. The summed E-state index contributed by atoms with van der Waals surface area (Å²) < 4.78 is 0. The molecular weight excluding hydrogens is 629 g/mol. The molecule has 242 valence electrons. The van der Waals surface area contributed by atoms with Crippen LogP contribution in [-0.2, 0) is 0 Å². The summed E-state index contributed by atoms with van der Waals surface area (Å²) in [4.78, 5) is 29.7. The van der Waals surface area contributed by atoms with Crippen molar-refractivity contribution in [2.45, 2.75) is 0 Å². The minimum absolute atomic E-state index is 0.234. The second-order valence-electron chi connectivity index (χ2n) is 12.5. The molecule has 0 saturated heterocycles. The Balaban J connectivity index is 1.46. The Morgan fingerprint density at radius 1 is 0.490 bits per heavy atom. The van der Waals surface area contributed by atoms with Gasteiger partial charge in [-0.05, 0) is 83.0 Å². The van der Waals surface area contributed by atoms with Crippen molar-refractivity contribution in [2.75, 3.05) is 0 Å². The summed E-state index contributed by atoms with van der Waals surface area (Å²) in [7, 11) is 0. The van der Waals surface area contributed by atoms with Gasteiger partial charge in [0.1, 0.15) is 0 Å². The third kappa shape index (κ3) is 5.55. The lowest BCUT2D eigenvalue weighted by atomic mass is 9.98. The SMILES string of the molecule is O=C(O)c1ccc(-c2cc3cc4nc(c(-c5ccccc5)c5ccc([nH]5)c(-c5ccccc5)c5nc(c(-c6ccccc6)c2[nH]3)C=C5)C=C4)cc1. The van der Waals surface area contributed by atoms with Crippen LogP contribution in [0.4, 0.5) is 0 Å². The molecule has 2 aliphatic heterocycles. The number of aromatic nitrogens is 4. The maximum atomic E-state index is 11.7. The summed E-state index contributed by atoms with van der Waals surface area (Å²) in [5, 5.41) is 9.62. The summed E-state index contributed by atoms with van der Waals surface area (Å²) >= 11 is 0. The minimum atomic E-state index is -0.962. The zero-order chi connectivity index (χ0) is 34.3. The minimum Gasteiger partial charge on any atom is -0.478 e. The van der Waals surface area contributed by atoms with Gasteiger partial charge in [-0.15, -0.1) is 0 Å². The van der Waals surface area contributed by atoms with Crippen LogP contribution in [0.1, 0.15) is 33.1 Å². The van der Waals surface area contributed by atoms with Gasteiger partial charge >= 0.3 is 5.97 Å². The predicted molar refractivity (Wildman–Crippen MR) is 208 cm³/mol. The number of rotatable bonds is 5. The smallest absolute Gasteiger partial charge is 0.335 e. The number of nitrogens with zero attached hydrogens (tertiary/aromatic N) is 2. The highest BCUT2D eigenvalue weighted by molar-refractivity contribution is 6.02. The van der Waals surface area contributed by atoms with Crippen molar-refractivity contribution in [2.24, 2.45) is 0 Å². The van der Waals surface area contributed by atoms with Crippen molar-refractivity contribution in [3.05, 3.63) is 168 Å². The first-order chi connectivity index (χ1) is 25.1. The lowest BCUT2D eigenvalue weighted by Crippen LogP contribution is -1.95. The van der Waals surface area contributed by atoms with Crippen LogP contribution >= 0.6 is 0 Å². The molecule has 0 radical (unpaired) electrons. The number of fused-ring (bicyclic) bond motifs is 8. The summed E-state index contributed by atoms with van der Waals surface area (Å²) in [6.45, 7) is 0. The van der Waals surface area contributed by atoms with Gasteiger partial charge in [-0.1, -0.05) is 103 Å². The Bertz CT molecular complexity index is 2690. The van der Waals surface area contributed by atoms with Crippen LogP contribution in [0.15, 0.2) is 140 Å². The molecule has 0 spiro atoms. The predicted octanol–water partition coefficient (Wildman–Crippen LogP) is 11.0. The largest absolute Gasteiger partial charge is 0.478 e. The molecule has 0 aliphatic carbocycles. The first-order valence-corrected chi connectivity index (χ1v) is 16.8. The molecule has 5 heterocycles. The molecule has 0 saturated carbocycles. The fraction of sp³-hybridized carbons (Fsp3) is 0. The van der Waals surface area contributed by atoms with Gasteiger partial charge in [0.2, 0.25) is 0 Å². The molecule has 0 fully saturated rings. The standard InChI is InChI=1S/C45H30N4O2/c50-45(51)32-18-16-28(17-19-32)35-27-34-26-33-20-21-36(46-33)41(29-10-4-1-5-11-29)37-22-23-38(48-37)42(30-12-6-2-7-13-30)39-24-25-40(49-39)43(44(35)47-34)31-14-8-3-9-15-31/h1-27,47-48H,(H,50,51).